The van der Waals surface area contributed by atoms with Crippen LogP contribution in [0.2, 0.25) is 0 Å². The van der Waals surface area contributed by atoms with Crippen LogP contribution in [-0.4, -0.2) is 45.2 Å². The molecule has 0 fully saturated rings. The average molecular weight is 371 g/mol. The van der Waals surface area contributed by atoms with Gasteiger partial charge in [-0.05, 0) is 56.2 Å². The van der Waals surface area contributed by atoms with Crippen molar-refractivity contribution in [1.29, 1.82) is 0 Å². The van der Waals surface area contributed by atoms with Crippen LogP contribution in [-0.2, 0) is 14.3 Å². The molecule has 0 bridgehead atoms. The predicted octanol–water partition coefficient (Wildman–Crippen LogP) is 1.75. The van der Waals surface area contributed by atoms with E-state index in [-0.39, 0.29) is 18.7 Å². The minimum Gasteiger partial charge on any atom is -0.482 e. The monoisotopic (exact) mass is 371 g/mol. The van der Waals surface area contributed by atoms with E-state index < -0.39 is 0 Å². The molecule has 144 valence electrons. The maximum Gasteiger partial charge on any atom is 0.344 e. The number of aryl methyl sites for hydroxylation is 1. The first-order chi connectivity index (χ1) is 13.0. The first-order valence-corrected chi connectivity index (χ1v) is 9.10. The molecular formula is C20H26BNO5. The van der Waals surface area contributed by atoms with Crippen molar-refractivity contribution in [3.8, 4) is 11.5 Å². The third-order valence-electron chi connectivity index (χ3n) is 3.79. The Bertz CT molecular complexity index is 753. The summed E-state index contributed by atoms with van der Waals surface area (Å²) in [6, 6.07) is 11.3. The quantitative estimate of drug-likeness (QED) is 0.468. The number of ether oxygens (including phenoxy) is 4. The Balaban J connectivity index is 2.08. The molecule has 0 N–H and O–H groups in total. The van der Waals surface area contributed by atoms with E-state index in [2.05, 4.69) is 4.98 Å². The van der Waals surface area contributed by atoms with Gasteiger partial charge in [-0.15, -0.1) is 0 Å². The van der Waals surface area contributed by atoms with Crippen molar-refractivity contribution >= 4 is 19.4 Å². The van der Waals surface area contributed by atoms with Crippen molar-refractivity contribution < 1.29 is 23.7 Å². The number of esters is 1. The summed E-state index contributed by atoms with van der Waals surface area (Å²) in [4.78, 5) is 16.0. The van der Waals surface area contributed by atoms with Crippen molar-refractivity contribution in [2.75, 3.05) is 26.4 Å². The number of nitrogens with zero attached hydrogens (tertiary/aromatic N) is 1. The summed E-state index contributed by atoms with van der Waals surface area (Å²) in [6.07, 6.45) is -0.310. The highest BCUT2D eigenvalue weighted by molar-refractivity contribution is 6.30. The smallest absolute Gasteiger partial charge is 0.344 e. The fraction of sp³-hybridized carbons (Fsp3) is 0.400. The van der Waals surface area contributed by atoms with Gasteiger partial charge in [-0.2, -0.15) is 0 Å². The summed E-state index contributed by atoms with van der Waals surface area (Å²) >= 11 is 0. The van der Waals surface area contributed by atoms with Crippen LogP contribution >= 0.6 is 0 Å². The van der Waals surface area contributed by atoms with E-state index >= 15 is 0 Å². The Morgan fingerprint density at radius 3 is 2.67 bits per heavy atom. The van der Waals surface area contributed by atoms with Crippen LogP contribution in [0.4, 0.5) is 0 Å². The maximum atomic E-state index is 11.4. The average Bonchev–Trinajstić information content (AvgIpc) is 2.64. The van der Waals surface area contributed by atoms with E-state index in [1.165, 1.54) is 0 Å². The van der Waals surface area contributed by atoms with Crippen molar-refractivity contribution in [3.63, 3.8) is 0 Å². The van der Waals surface area contributed by atoms with Gasteiger partial charge in [0.25, 0.3) is 0 Å². The number of pyridine rings is 1. The number of rotatable bonds is 10. The predicted molar refractivity (Wildman–Crippen MR) is 106 cm³/mol. The van der Waals surface area contributed by atoms with E-state index in [0.717, 1.165) is 16.9 Å². The maximum absolute atomic E-state index is 11.4. The molecule has 2 aromatic rings. The topological polar surface area (TPSA) is 66.9 Å². The van der Waals surface area contributed by atoms with Gasteiger partial charge >= 0.3 is 5.97 Å². The van der Waals surface area contributed by atoms with Crippen LogP contribution in [0, 0.1) is 6.92 Å². The first-order valence-electron chi connectivity index (χ1n) is 9.10. The molecule has 0 saturated carbocycles. The summed E-state index contributed by atoms with van der Waals surface area (Å²) in [5, 5.41) is 0. The van der Waals surface area contributed by atoms with Crippen molar-refractivity contribution in [1.82, 2.24) is 4.98 Å². The first kappa shape index (κ1) is 20.8. The summed E-state index contributed by atoms with van der Waals surface area (Å²) in [7, 11) is 1.95. The molecule has 1 aromatic heterocycles. The molecule has 6 nitrogen and oxygen atoms in total. The molecule has 0 radical (unpaired) electrons. The third kappa shape index (κ3) is 6.60. The molecule has 0 unspecified atom stereocenters. The molecule has 1 atom stereocenters. The molecule has 27 heavy (non-hydrogen) atoms. The van der Waals surface area contributed by atoms with Crippen molar-refractivity contribution in [3.05, 3.63) is 47.7 Å². The molecule has 1 aromatic carbocycles. The Kier molecular flexibility index (Phi) is 8.14. The van der Waals surface area contributed by atoms with Gasteiger partial charge in [0.2, 0.25) is 0 Å². The minimum atomic E-state index is -0.389. The number of hydrogen-bond acceptors (Lipinski definition) is 6. The fourth-order valence-electron chi connectivity index (χ4n) is 2.51. The van der Waals surface area contributed by atoms with Gasteiger partial charge in [0.15, 0.2) is 20.6 Å². The van der Waals surface area contributed by atoms with E-state index in [1.54, 1.807) is 13.0 Å². The molecule has 0 amide bonds. The second kappa shape index (κ2) is 10.6. The van der Waals surface area contributed by atoms with Crippen LogP contribution in [0.25, 0.3) is 0 Å². The molecule has 0 aliphatic rings. The number of carbonyl (C=O) groups is 1. The fourth-order valence-corrected chi connectivity index (χ4v) is 2.51. The Hall–Kier alpha value is -2.54. The van der Waals surface area contributed by atoms with E-state index in [0.29, 0.717) is 31.3 Å². The molecular weight excluding hydrogens is 345 g/mol. The van der Waals surface area contributed by atoms with Crippen molar-refractivity contribution in [2.24, 2.45) is 0 Å². The molecule has 0 aliphatic carbocycles. The number of benzene rings is 1. The SMILES string of the molecule is Bc1cccc([C@H](COCC)Oc2ccc(OCC(=O)OCC)c(C)c2)n1. The van der Waals surface area contributed by atoms with E-state index in [1.807, 2.05) is 52.0 Å². The van der Waals surface area contributed by atoms with Gasteiger partial charge in [0.1, 0.15) is 11.5 Å². The molecule has 2 rings (SSSR count). The second-order valence-electron chi connectivity index (χ2n) is 5.99. The Labute approximate surface area is 161 Å². The lowest BCUT2D eigenvalue weighted by molar-refractivity contribution is -0.145. The van der Waals surface area contributed by atoms with Gasteiger partial charge in [-0.3, -0.25) is 4.98 Å². The zero-order valence-corrected chi connectivity index (χ0v) is 16.4. The Morgan fingerprint density at radius 2 is 2.00 bits per heavy atom. The number of aromatic nitrogens is 1. The molecule has 0 spiro atoms. The van der Waals surface area contributed by atoms with Crippen LogP contribution in [0.3, 0.4) is 0 Å². The highest BCUT2D eigenvalue weighted by Gasteiger charge is 2.16. The van der Waals surface area contributed by atoms with Gasteiger partial charge < -0.3 is 18.9 Å². The van der Waals surface area contributed by atoms with E-state index in [9.17, 15) is 4.79 Å². The van der Waals surface area contributed by atoms with Gasteiger partial charge in [0, 0.05) is 6.61 Å². The molecule has 0 saturated heterocycles. The number of hydrogen-bond donors (Lipinski definition) is 0. The van der Waals surface area contributed by atoms with Crippen molar-refractivity contribution in [2.45, 2.75) is 26.9 Å². The largest absolute Gasteiger partial charge is 0.482 e. The normalized spacial score (nSPS) is 11.7. The zero-order chi connectivity index (χ0) is 19.6. The summed E-state index contributed by atoms with van der Waals surface area (Å²) in [6.45, 7) is 6.84. The zero-order valence-electron chi connectivity index (χ0n) is 16.4. The third-order valence-corrected chi connectivity index (χ3v) is 3.79. The van der Waals surface area contributed by atoms with Gasteiger partial charge in [0.05, 0.1) is 18.9 Å². The molecule has 7 heteroatoms. The van der Waals surface area contributed by atoms with Crippen LogP contribution in [0.15, 0.2) is 36.4 Å². The van der Waals surface area contributed by atoms with Gasteiger partial charge in [-0.25, -0.2) is 4.79 Å². The lowest BCUT2D eigenvalue weighted by atomic mass is 10.0. The molecule has 1 heterocycles. The van der Waals surface area contributed by atoms with E-state index in [4.69, 9.17) is 18.9 Å². The van der Waals surface area contributed by atoms with Crippen LogP contribution < -0.4 is 15.1 Å². The molecule has 0 aliphatic heterocycles. The summed E-state index contributed by atoms with van der Waals surface area (Å²) in [5.74, 6) is 0.911. The standard InChI is InChI=1S/C20H26BNO5/c1-4-24-12-18(16-7-6-8-19(21)22-16)27-15-9-10-17(14(3)11-15)26-13-20(23)25-5-2/h6-11,18H,4-5,12-13,21H2,1-3H3/t18-/m0/s1. The lowest BCUT2D eigenvalue weighted by Gasteiger charge is -2.20. The van der Waals surface area contributed by atoms with Crippen LogP contribution in [0.1, 0.15) is 31.2 Å². The minimum absolute atomic E-state index is 0.116. The number of carbonyl (C=O) groups excluding carboxylic acids is 1. The van der Waals surface area contributed by atoms with Gasteiger partial charge in [-0.1, -0.05) is 12.1 Å². The summed E-state index contributed by atoms with van der Waals surface area (Å²) in [5.41, 5.74) is 2.62. The second-order valence-corrected chi connectivity index (χ2v) is 5.99. The summed E-state index contributed by atoms with van der Waals surface area (Å²) < 4.78 is 22.1. The van der Waals surface area contributed by atoms with Crippen LogP contribution in [0.5, 0.6) is 11.5 Å². The highest BCUT2D eigenvalue weighted by atomic mass is 16.6. The lowest BCUT2D eigenvalue weighted by Crippen LogP contribution is -2.20. The Morgan fingerprint density at radius 1 is 1.19 bits per heavy atom. The highest BCUT2D eigenvalue weighted by Crippen LogP contribution is 2.27.